The molecule has 152 valence electrons. The van der Waals surface area contributed by atoms with Crippen LogP contribution >= 0.6 is 0 Å². The van der Waals surface area contributed by atoms with E-state index in [1.165, 1.54) is 4.68 Å². The summed E-state index contributed by atoms with van der Waals surface area (Å²) in [4.78, 5) is 12.4. The summed E-state index contributed by atoms with van der Waals surface area (Å²) in [5, 5.41) is 16.4. The van der Waals surface area contributed by atoms with Gasteiger partial charge < -0.3 is 30.4 Å². The van der Waals surface area contributed by atoms with E-state index in [1.54, 1.807) is 12.1 Å². The molecule has 1 aliphatic rings. The molecular weight excluding hydrogens is 364 g/mol. The van der Waals surface area contributed by atoms with E-state index in [1.807, 2.05) is 19.9 Å². The number of rotatable bonds is 10. The molecule has 1 heterocycles. The Labute approximate surface area is 163 Å². The predicted octanol–water partition coefficient (Wildman–Crippen LogP) is 1.40. The molecule has 0 bridgehead atoms. The fourth-order valence-corrected chi connectivity index (χ4v) is 2.61. The molecule has 1 aromatic carbocycles. The number of nitrogens with two attached hydrogens (primary N) is 1. The number of nitrogen functional groups attached to an aromatic ring is 1. The SMILES string of the molecule is CCOCOc1c(OCCO)nn(-c2cc(C(=O)NC3CC3)ccc2C)c1N. The van der Waals surface area contributed by atoms with Gasteiger partial charge in [0, 0.05) is 18.2 Å². The van der Waals surface area contributed by atoms with Gasteiger partial charge in [-0.3, -0.25) is 4.79 Å². The summed E-state index contributed by atoms with van der Waals surface area (Å²) in [5.74, 6) is 0.474. The number of nitrogens with zero attached hydrogens (tertiary/aromatic N) is 2. The average molecular weight is 390 g/mol. The maximum atomic E-state index is 12.4. The van der Waals surface area contributed by atoms with Crippen LogP contribution in [-0.4, -0.2) is 53.4 Å². The van der Waals surface area contributed by atoms with Crippen molar-refractivity contribution in [3.63, 3.8) is 0 Å². The number of carbonyl (C=O) groups is 1. The molecule has 1 aliphatic carbocycles. The van der Waals surface area contributed by atoms with Gasteiger partial charge in [-0.15, -0.1) is 5.10 Å². The van der Waals surface area contributed by atoms with E-state index in [2.05, 4.69) is 10.4 Å². The third-order valence-corrected chi connectivity index (χ3v) is 4.28. The van der Waals surface area contributed by atoms with Gasteiger partial charge in [0.25, 0.3) is 11.8 Å². The Bertz CT molecular complexity index is 832. The van der Waals surface area contributed by atoms with Gasteiger partial charge in [0.05, 0.1) is 12.3 Å². The van der Waals surface area contributed by atoms with E-state index in [0.29, 0.717) is 17.9 Å². The lowest BCUT2D eigenvalue weighted by molar-refractivity contribution is 0.0207. The predicted molar refractivity (Wildman–Crippen MR) is 103 cm³/mol. The third-order valence-electron chi connectivity index (χ3n) is 4.28. The molecule has 1 amide bonds. The Morgan fingerprint density at radius 1 is 1.39 bits per heavy atom. The second-order valence-corrected chi connectivity index (χ2v) is 6.51. The second-order valence-electron chi connectivity index (χ2n) is 6.51. The Morgan fingerprint density at radius 2 is 2.18 bits per heavy atom. The smallest absolute Gasteiger partial charge is 0.278 e. The van der Waals surface area contributed by atoms with Crippen molar-refractivity contribution in [2.24, 2.45) is 0 Å². The van der Waals surface area contributed by atoms with Gasteiger partial charge in [-0.1, -0.05) is 6.07 Å². The lowest BCUT2D eigenvalue weighted by Gasteiger charge is -2.11. The van der Waals surface area contributed by atoms with Crippen molar-refractivity contribution >= 4 is 11.7 Å². The molecule has 1 saturated carbocycles. The van der Waals surface area contributed by atoms with E-state index in [0.717, 1.165) is 18.4 Å². The van der Waals surface area contributed by atoms with Gasteiger partial charge in [-0.05, 0) is 44.4 Å². The first-order chi connectivity index (χ1) is 13.5. The van der Waals surface area contributed by atoms with Crippen molar-refractivity contribution in [1.29, 1.82) is 0 Å². The third kappa shape index (κ3) is 4.55. The summed E-state index contributed by atoms with van der Waals surface area (Å²) < 4.78 is 17.7. The van der Waals surface area contributed by atoms with Crippen LogP contribution in [0.3, 0.4) is 0 Å². The van der Waals surface area contributed by atoms with Crippen LogP contribution < -0.4 is 20.5 Å². The fourth-order valence-electron chi connectivity index (χ4n) is 2.61. The van der Waals surface area contributed by atoms with Crippen molar-refractivity contribution in [2.45, 2.75) is 32.7 Å². The monoisotopic (exact) mass is 390 g/mol. The van der Waals surface area contributed by atoms with Crippen molar-refractivity contribution < 1.29 is 24.1 Å². The quantitative estimate of drug-likeness (QED) is 0.414. The average Bonchev–Trinajstić information content (AvgIpc) is 3.45. The summed E-state index contributed by atoms with van der Waals surface area (Å²) in [5.41, 5.74) is 8.29. The van der Waals surface area contributed by atoms with Gasteiger partial charge in [0.2, 0.25) is 5.75 Å². The minimum atomic E-state index is -0.173. The Hall–Kier alpha value is -2.78. The highest BCUT2D eigenvalue weighted by molar-refractivity contribution is 5.95. The van der Waals surface area contributed by atoms with Crippen LogP contribution in [0.1, 0.15) is 35.7 Å². The lowest BCUT2D eigenvalue weighted by Crippen LogP contribution is -2.25. The number of hydrogen-bond acceptors (Lipinski definition) is 7. The summed E-state index contributed by atoms with van der Waals surface area (Å²) >= 11 is 0. The first-order valence-electron chi connectivity index (χ1n) is 9.29. The molecule has 28 heavy (non-hydrogen) atoms. The summed E-state index contributed by atoms with van der Waals surface area (Å²) in [7, 11) is 0. The van der Waals surface area contributed by atoms with Crippen molar-refractivity contribution in [3.8, 4) is 17.3 Å². The van der Waals surface area contributed by atoms with E-state index in [9.17, 15) is 4.79 Å². The number of benzene rings is 1. The van der Waals surface area contributed by atoms with Crippen LogP contribution in [0, 0.1) is 6.92 Å². The highest BCUT2D eigenvalue weighted by atomic mass is 16.7. The van der Waals surface area contributed by atoms with Gasteiger partial charge in [-0.2, -0.15) is 0 Å². The largest absolute Gasteiger partial charge is 0.471 e. The molecule has 1 aromatic heterocycles. The van der Waals surface area contributed by atoms with E-state index >= 15 is 0 Å². The lowest BCUT2D eigenvalue weighted by atomic mass is 10.1. The molecule has 9 heteroatoms. The zero-order chi connectivity index (χ0) is 20.1. The Balaban J connectivity index is 1.93. The van der Waals surface area contributed by atoms with Crippen LogP contribution in [0.2, 0.25) is 0 Å². The van der Waals surface area contributed by atoms with Gasteiger partial charge >= 0.3 is 0 Å². The summed E-state index contributed by atoms with van der Waals surface area (Å²) in [6, 6.07) is 5.61. The number of aryl methyl sites for hydroxylation is 1. The molecule has 4 N–H and O–H groups in total. The number of carbonyl (C=O) groups excluding carboxylic acids is 1. The number of amides is 1. The van der Waals surface area contributed by atoms with Gasteiger partial charge in [-0.25, -0.2) is 4.68 Å². The minimum absolute atomic E-state index is 0.00923. The zero-order valence-electron chi connectivity index (χ0n) is 16.1. The van der Waals surface area contributed by atoms with Gasteiger partial charge in [0.15, 0.2) is 12.6 Å². The summed E-state index contributed by atoms with van der Waals surface area (Å²) in [6.07, 6.45) is 2.03. The van der Waals surface area contributed by atoms with Crippen LogP contribution in [-0.2, 0) is 4.74 Å². The molecule has 9 nitrogen and oxygen atoms in total. The molecular formula is C19H26N4O5. The van der Waals surface area contributed by atoms with E-state index in [-0.39, 0.29) is 49.4 Å². The van der Waals surface area contributed by atoms with Crippen LogP contribution in [0.5, 0.6) is 11.6 Å². The fraction of sp³-hybridized carbons (Fsp3) is 0.474. The van der Waals surface area contributed by atoms with E-state index in [4.69, 9.17) is 25.1 Å². The highest BCUT2D eigenvalue weighted by Gasteiger charge is 2.25. The summed E-state index contributed by atoms with van der Waals surface area (Å²) in [6.45, 7) is 4.09. The molecule has 0 unspecified atom stereocenters. The molecule has 0 saturated heterocycles. The molecule has 3 rings (SSSR count). The zero-order valence-corrected chi connectivity index (χ0v) is 16.1. The molecule has 0 atom stereocenters. The molecule has 2 aromatic rings. The van der Waals surface area contributed by atoms with Crippen LogP contribution in [0.15, 0.2) is 18.2 Å². The second kappa shape index (κ2) is 8.94. The minimum Gasteiger partial charge on any atom is -0.471 e. The molecule has 0 aliphatic heterocycles. The number of nitrogens with one attached hydrogen (secondary N) is 1. The number of aliphatic hydroxyl groups is 1. The van der Waals surface area contributed by atoms with Gasteiger partial charge in [0.1, 0.15) is 6.61 Å². The number of anilines is 1. The first kappa shape index (κ1) is 20.0. The molecule has 1 fully saturated rings. The van der Waals surface area contributed by atoms with Crippen LogP contribution in [0.25, 0.3) is 5.69 Å². The maximum absolute atomic E-state index is 12.4. The Kier molecular flexibility index (Phi) is 6.37. The maximum Gasteiger partial charge on any atom is 0.278 e. The number of aliphatic hydroxyl groups excluding tert-OH is 1. The van der Waals surface area contributed by atoms with Crippen molar-refractivity contribution in [3.05, 3.63) is 29.3 Å². The topological polar surface area (TPSA) is 121 Å². The highest BCUT2D eigenvalue weighted by Crippen LogP contribution is 2.36. The normalized spacial score (nSPS) is 13.4. The first-order valence-corrected chi connectivity index (χ1v) is 9.29. The van der Waals surface area contributed by atoms with E-state index < -0.39 is 0 Å². The number of ether oxygens (including phenoxy) is 3. The van der Waals surface area contributed by atoms with Crippen LogP contribution in [0.4, 0.5) is 5.82 Å². The Morgan fingerprint density at radius 3 is 2.86 bits per heavy atom. The number of aromatic nitrogens is 2. The standard InChI is InChI=1S/C19H26N4O5/c1-3-26-11-28-16-17(20)23(22-19(16)27-9-8-24)15-10-13(5-4-12(15)2)18(25)21-14-6-7-14/h4-5,10,14,24H,3,6-9,11,20H2,1-2H3,(H,21,25). The molecule has 0 spiro atoms. The number of hydrogen-bond donors (Lipinski definition) is 3. The molecule has 0 radical (unpaired) electrons. The van der Waals surface area contributed by atoms with Crippen molar-refractivity contribution in [2.75, 3.05) is 32.3 Å². The van der Waals surface area contributed by atoms with Crippen molar-refractivity contribution in [1.82, 2.24) is 15.1 Å².